The van der Waals surface area contributed by atoms with E-state index in [1.165, 1.54) is 0 Å². The van der Waals surface area contributed by atoms with Crippen molar-refractivity contribution in [3.05, 3.63) is 53.2 Å². The van der Waals surface area contributed by atoms with Gasteiger partial charge in [-0.15, -0.1) is 0 Å². The molecule has 3 nitrogen and oxygen atoms in total. The smallest absolute Gasteiger partial charge is 0.149 e. The highest BCUT2D eigenvalue weighted by Crippen LogP contribution is 2.17. The second-order valence-corrected chi connectivity index (χ2v) is 3.98. The van der Waals surface area contributed by atoms with Crippen molar-refractivity contribution in [1.29, 1.82) is 0 Å². The van der Waals surface area contributed by atoms with Gasteiger partial charge in [0.1, 0.15) is 17.5 Å². The van der Waals surface area contributed by atoms with Crippen molar-refractivity contribution in [3.63, 3.8) is 0 Å². The van der Waals surface area contributed by atoms with Crippen molar-refractivity contribution in [2.75, 3.05) is 11.1 Å². The molecule has 0 fully saturated rings. The van der Waals surface area contributed by atoms with Gasteiger partial charge in [0.2, 0.25) is 0 Å². The van der Waals surface area contributed by atoms with Crippen molar-refractivity contribution in [3.8, 4) is 0 Å². The Bertz CT molecular complexity index is 519. The van der Waals surface area contributed by atoms with E-state index in [-0.39, 0.29) is 12.1 Å². The fourth-order valence-corrected chi connectivity index (χ4v) is 1.57. The molecule has 1 aromatic heterocycles. The molecule has 1 heterocycles. The molecule has 3 N–H and O–H groups in total. The predicted octanol–water partition coefficient (Wildman–Crippen LogP) is 2.86. The number of nitrogens with two attached hydrogens (primary N) is 1. The summed E-state index contributed by atoms with van der Waals surface area (Å²) in [5.41, 5.74) is 7.23. The first-order valence-corrected chi connectivity index (χ1v) is 5.47. The highest BCUT2D eigenvalue weighted by atomic mass is 19.1. The lowest BCUT2D eigenvalue weighted by Crippen LogP contribution is -2.06. The van der Waals surface area contributed by atoms with Gasteiger partial charge in [-0.3, -0.25) is 0 Å². The number of pyridine rings is 1. The molecule has 0 atom stereocenters. The van der Waals surface area contributed by atoms with Crippen LogP contribution in [-0.4, -0.2) is 4.98 Å². The molecular weight excluding hydrogens is 236 g/mol. The maximum absolute atomic E-state index is 13.4. The fraction of sp³-hybridized carbons (Fsp3) is 0.154. The molecule has 2 rings (SSSR count). The average Bonchev–Trinajstić information content (AvgIpc) is 2.34. The molecule has 0 unspecified atom stereocenters. The third-order valence-electron chi connectivity index (χ3n) is 2.52. The van der Waals surface area contributed by atoms with Crippen molar-refractivity contribution in [2.24, 2.45) is 0 Å². The molecule has 0 radical (unpaired) electrons. The van der Waals surface area contributed by atoms with Gasteiger partial charge in [-0.05, 0) is 37.3 Å². The lowest BCUT2D eigenvalue weighted by molar-refractivity contribution is 0.587. The summed E-state index contributed by atoms with van der Waals surface area (Å²) in [5, 5.41) is 2.90. The van der Waals surface area contributed by atoms with Crippen LogP contribution < -0.4 is 11.1 Å². The minimum atomic E-state index is -0.474. The van der Waals surface area contributed by atoms with Crippen LogP contribution in [0.2, 0.25) is 0 Å². The van der Waals surface area contributed by atoms with E-state index in [9.17, 15) is 8.78 Å². The maximum atomic E-state index is 13.4. The number of rotatable bonds is 3. The largest absolute Gasteiger partial charge is 0.396 e. The van der Waals surface area contributed by atoms with Gasteiger partial charge in [0.15, 0.2) is 0 Å². The molecule has 0 aliphatic carbocycles. The summed E-state index contributed by atoms with van der Waals surface area (Å²) in [6, 6.07) is 6.82. The number of hydrogen-bond donors (Lipinski definition) is 2. The molecule has 1 aromatic carbocycles. The van der Waals surface area contributed by atoms with E-state index in [0.717, 1.165) is 23.9 Å². The third-order valence-corrected chi connectivity index (χ3v) is 2.52. The predicted molar refractivity (Wildman–Crippen MR) is 67.1 cm³/mol. The molecule has 0 saturated heterocycles. The fourth-order valence-electron chi connectivity index (χ4n) is 1.57. The Labute approximate surface area is 104 Å². The van der Waals surface area contributed by atoms with E-state index in [4.69, 9.17) is 5.73 Å². The van der Waals surface area contributed by atoms with E-state index in [1.807, 2.05) is 6.92 Å². The molecule has 5 heteroatoms. The average molecular weight is 249 g/mol. The van der Waals surface area contributed by atoms with Gasteiger partial charge in [0, 0.05) is 17.8 Å². The number of hydrogen-bond acceptors (Lipinski definition) is 3. The number of benzene rings is 1. The first-order chi connectivity index (χ1) is 8.56. The van der Waals surface area contributed by atoms with Crippen LogP contribution in [0.1, 0.15) is 11.3 Å². The number of nitrogen functional groups attached to an aromatic ring is 1. The van der Waals surface area contributed by atoms with Crippen LogP contribution in [0.4, 0.5) is 20.3 Å². The Morgan fingerprint density at radius 3 is 2.78 bits per heavy atom. The quantitative estimate of drug-likeness (QED) is 0.879. The first-order valence-electron chi connectivity index (χ1n) is 5.47. The summed E-state index contributed by atoms with van der Waals surface area (Å²) in [5.74, 6) is -0.466. The third kappa shape index (κ3) is 2.74. The van der Waals surface area contributed by atoms with Crippen molar-refractivity contribution < 1.29 is 8.78 Å². The molecular formula is C13H13F2N3. The van der Waals surface area contributed by atoms with Crippen LogP contribution in [0, 0.1) is 18.6 Å². The summed E-state index contributed by atoms with van der Waals surface area (Å²) in [6.07, 6.45) is 0. The molecule has 2 aromatic rings. The summed E-state index contributed by atoms with van der Waals surface area (Å²) in [7, 11) is 0. The molecule has 0 bridgehead atoms. The van der Waals surface area contributed by atoms with Gasteiger partial charge in [0.25, 0.3) is 0 Å². The van der Waals surface area contributed by atoms with Crippen LogP contribution in [0.15, 0.2) is 30.3 Å². The summed E-state index contributed by atoms with van der Waals surface area (Å²) >= 11 is 0. The number of nitrogens with one attached hydrogen (secondary N) is 1. The SMILES string of the molecule is Cc1ccc(N)c(NCc2cc(F)ccc2F)n1. The Hall–Kier alpha value is -2.17. The maximum Gasteiger partial charge on any atom is 0.149 e. The van der Waals surface area contributed by atoms with E-state index in [0.29, 0.717) is 11.5 Å². The molecule has 0 spiro atoms. The van der Waals surface area contributed by atoms with E-state index in [2.05, 4.69) is 10.3 Å². The van der Waals surface area contributed by atoms with E-state index >= 15 is 0 Å². The number of aryl methyl sites for hydroxylation is 1. The van der Waals surface area contributed by atoms with Gasteiger partial charge in [0.05, 0.1) is 5.69 Å². The minimum Gasteiger partial charge on any atom is -0.396 e. The zero-order valence-electron chi connectivity index (χ0n) is 9.87. The van der Waals surface area contributed by atoms with Crippen molar-refractivity contribution in [2.45, 2.75) is 13.5 Å². The minimum absolute atomic E-state index is 0.129. The first kappa shape index (κ1) is 12.3. The highest BCUT2D eigenvalue weighted by molar-refractivity contribution is 5.61. The normalized spacial score (nSPS) is 10.4. The summed E-state index contributed by atoms with van der Waals surface area (Å²) in [4.78, 5) is 4.19. The van der Waals surface area contributed by atoms with Crippen LogP contribution in [0.25, 0.3) is 0 Å². The molecule has 18 heavy (non-hydrogen) atoms. The molecule has 0 saturated carbocycles. The Balaban J connectivity index is 2.16. The van der Waals surface area contributed by atoms with Crippen molar-refractivity contribution >= 4 is 11.5 Å². The second-order valence-electron chi connectivity index (χ2n) is 3.98. The molecule has 0 amide bonds. The monoisotopic (exact) mass is 249 g/mol. The van der Waals surface area contributed by atoms with Gasteiger partial charge < -0.3 is 11.1 Å². The van der Waals surface area contributed by atoms with E-state index in [1.54, 1.807) is 12.1 Å². The second kappa shape index (κ2) is 5.00. The lowest BCUT2D eigenvalue weighted by Gasteiger charge is -2.09. The summed E-state index contributed by atoms with van der Waals surface area (Å²) < 4.78 is 26.4. The van der Waals surface area contributed by atoms with Crippen LogP contribution in [0.3, 0.4) is 0 Å². The van der Waals surface area contributed by atoms with Crippen LogP contribution >= 0.6 is 0 Å². The van der Waals surface area contributed by atoms with Gasteiger partial charge in [-0.1, -0.05) is 0 Å². The number of nitrogens with zero attached hydrogens (tertiary/aromatic N) is 1. The van der Waals surface area contributed by atoms with Crippen molar-refractivity contribution in [1.82, 2.24) is 4.98 Å². The Kier molecular flexibility index (Phi) is 3.41. The Morgan fingerprint density at radius 2 is 2.00 bits per heavy atom. The molecule has 0 aliphatic rings. The molecule has 0 aliphatic heterocycles. The number of anilines is 2. The van der Waals surface area contributed by atoms with Gasteiger partial charge in [-0.25, -0.2) is 13.8 Å². The van der Waals surface area contributed by atoms with Crippen LogP contribution in [-0.2, 0) is 6.54 Å². The number of halogens is 2. The zero-order valence-corrected chi connectivity index (χ0v) is 9.87. The topological polar surface area (TPSA) is 50.9 Å². The lowest BCUT2D eigenvalue weighted by atomic mass is 10.2. The molecule has 94 valence electrons. The number of aromatic nitrogens is 1. The van der Waals surface area contributed by atoms with E-state index < -0.39 is 11.6 Å². The van der Waals surface area contributed by atoms with Crippen LogP contribution in [0.5, 0.6) is 0 Å². The summed E-state index contributed by atoms with van der Waals surface area (Å²) in [6.45, 7) is 1.96. The highest BCUT2D eigenvalue weighted by Gasteiger charge is 2.06. The van der Waals surface area contributed by atoms with Gasteiger partial charge >= 0.3 is 0 Å². The zero-order chi connectivity index (χ0) is 13.1. The standard InChI is InChI=1S/C13H13F2N3/c1-8-2-5-12(16)13(18-8)17-7-9-6-10(14)3-4-11(9)15/h2-6H,7,16H2,1H3,(H,17,18). The Morgan fingerprint density at radius 1 is 1.22 bits per heavy atom. The van der Waals surface area contributed by atoms with Gasteiger partial charge in [-0.2, -0.15) is 0 Å².